The van der Waals surface area contributed by atoms with Gasteiger partial charge in [0.05, 0.1) is 16.2 Å². The van der Waals surface area contributed by atoms with Crippen molar-refractivity contribution in [1.82, 2.24) is 24.5 Å². The van der Waals surface area contributed by atoms with Crippen molar-refractivity contribution in [1.29, 1.82) is 0 Å². The quantitative estimate of drug-likeness (QED) is 0.341. The number of hydrogen-bond donors (Lipinski definition) is 1. The van der Waals surface area contributed by atoms with Gasteiger partial charge in [0.25, 0.3) is 5.56 Å². The largest absolute Gasteiger partial charge is 0.351 e. The molecule has 4 rings (SSSR count). The normalized spacial score (nSPS) is 12.2. The van der Waals surface area contributed by atoms with Gasteiger partial charge in [0.15, 0.2) is 5.16 Å². The number of carbonyl (C=O) groups is 1. The number of allylic oxidation sites excluding steroid dienone is 1. The summed E-state index contributed by atoms with van der Waals surface area (Å²) in [5.41, 5.74) is 1.51. The first-order chi connectivity index (χ1) is 15.0. The Bertz CT molecular complexity index is 1330. The highest BCUT2D eigenvalue weighted by atomic mass is 35.5. The van der Waals surface area contributed by atoms with Crippen molar-refractivity contribution in [3.05, 3.63) is 82.1 Å². The van der Waals surface area contributed by atoms with Gasteiger partial charge in [-0.05, 0) is 36.8 Å². The van der Waals surface area contributed by atoms with E-state index in [-0.39, 0.29) is 11.5 Å². The molecule has 0 bridgehead atoms. The van der Waals surface area contributed by atoms with Crippen molar-refractivity contribution in [2.24, 2.45) is 0 Å². The lowest BCUT2D eigenvalue weighted by atomic mass is 10.2. The third-order valence-electron chi connectivity index (χ3n) is 4.82. The third kappa shape index (κ3) is 4.22. The minimum absolute atomic E-state index is 0.125. The van der Waals surface area contributed by atoms with Gasteiger partial charge >= 0.3 is 0 Å². The fourth-order valence-electron chi connectivity index (χ4n) is 3.25. The number of benzene rings is 2. The van der Waals surface area contributed by atoms with Gasteiger partial charge in [0.1, 0.15) is 0 Å². The molecule has 4 aromatic rings. The standard InChI is InChI=1S/C22H20ClN5O2S/c1-3-12-27-20(30)17-6-4-5-7-18(17)28-21(27)25-26-22(28)31-14(2)19(29)24-13-15-8-10-16(23)11-9-15/h3-11,14H,1,12-13H2,2H3,(H,24,29). The van der Waals surface area contributed by atoms with E-state index in [1.807, 2.05) is 41.7 Å². The summed E-state index contributed by atoms with van der Waals surface area (Å²) < 4.78 is 3.34. The van der Waals surface area contributed by atoms with Crippen molar-refractivity contribution in [3.63, 3.8) is 0 Å². The number of nitrogens with zero attached hydrogens (tertiary/aromatic N) is 4. The monoisotopic (exact) mass is 453 g/mol. The average Bonchev–Trinajstić information content (AvgIpc) is 3.19. The first-order valence-electron chi connectivity index (χ1n) is 9.66. The Morgan fingerprint density at radius 2 is 1.97 bits per heavy atom. The topological polar surface area (TPSA) is 81.3 Å². The van der Waals surface area contributed by atoms with E-state index in [9.17, 15) is 9.59 Å². The maximum absolute atomic E-state index is 12.9. The molecule has 158 valence electrons. The van der Waals surface area contributed by atoms with Crippen LogP contribution in [0.5, 0.6) is 0 Å². The number of aromatic nitrogens is 4. The fraction of sp³-hybridized carbons (Fsp3) is 0.182. The molecule has 1 unspecified atom stereocenters. The van der Waals surface area contributed by atoms with Crippen LogP contribution < -0.4 is 10.9 Å². The number of carbonyl (C=O) groups excluding carboxylic acids is 1. The molecule has 2 aromatic carbocycles. The van der Waals surface area contributed by atoms with Crippen molar-refractivity contribution in [2.45, 2.75) is 30.4 Å². The Kier molecular flexibility index (Phi) is 6.11. The van der Waals surface area contributed by atoms with E-state index in [2.05, 4.69) is 22.1 Å². The van der Waals surface area contributed by atoms with Crippen LogP contribution >= 0.6 is 23.4 Å². The number of hydrogen-bond acceptors (Lipinski definition) is 5. The van der Waals surface area contributed by atoms with Crippen molar-refractivity contribution >= 4 is 46.0 Å². The van der Waals surface area contributed by atoms with Gasteiger partial charge in [-0.3, -0.25) is 18.6 Å². The zero-order chi connectivity index (χ0) is 22.0. The van der Waals surface area contributed by atoms with Crippen LogP contribution in [0.3, 0.4) is 0 Å². The Morgan fingerprint density at radius 3 is 2.71 bits per heavy atom. The number of thioether (sulfide) groups is 1. The second kappa shape index (κ2) is 8.95. The van der Waals surface area contributed by atoms with Crippen LogP contribution in [0.4, 0.5) is 0 Å². The van der Waals surface area contributed by atoms with E-state index in [1.165, 1.54) is 16.3 Å². The van der Waals surface area contributed by atoms with Crippen LogP contribution in [0.2, 0.25) is 5.02 Å². The summed E-state index contributed by atoms with van der Waals surface area (Å²) in [6.07, 6.45) is 1.64. The molecule has 7 nitrogen and oxygen atoms in total. The Hall–Kier alpha value is -3.10. The molecule has 1 atom stereocenters. The van der Waals surface area contributed by atoms with E-state index in [0.717, 1.165) is 5.56 Å². The highest BCUT2D eigenvalue weighted by Gasteiger charge is 2.21. The minimum Gasteiger partial charge on any atom is -0.351 e. The summed E-state index contributed by atoms with van der Waals surface area (Å²) in [5.74, 6) is 0.292. The molecule has 0 aliphatic heterocycles. The van der Waals surface area contributed by atoms with Crippen LogP contribution in [0.15, 0.2) is 71.1 Å². The van der Waals surface area contributed by atoms with E-state index in [0.29, 0.717) is 39.9 Å². The molecule has 31 heavy (non-hydrogen) atoms. The van der Waals surface area contributed by atoms with Gasteiger partial charge in [-0.2, -0.15) is 0 Å². The van der Waals surface area contributed by atoms with Crippen molar-refractivity contribution in [3.8, 4) is 0 Å². The molecule has 0 aliphatic rings. The summed E-state index contributed by atoms with van der Waals surface area (Å²) in [5, 5.41) is 12.7. The van der Waals surface area contributed by atoms with E-state index < -0.39 is 5.25 Å². The summed E-state index contributed by atoms with van der Waals surface area (Å²) in [7, 11) is 0. The summed E-state index contributed by atoms with van der Waals surface area (Å²) in [6, 6.07) is 14.6. The zero-order valence-electron chi connectivity index (χ0n) is 16.8. The van der Waals surface area contributed by atoms with E-state index in [4.69, 9.17) is 11.6 Å². The molecule has 0 fully saturated rings. The van der Waals surface area contributed by atoms with Gasteiger partial charge < -0.3 is 5.32 Å². The predicted octanol–water partition coefficient (Wildman–Crippen LogP) is 3.68. The van der Waals surface area contributed by atoms with Gasteiger partial charge in [-0.15, -0.1) is 16.8 Å². The maximum atomic E-state index is 12.9. The Morgan fingerprint density at radius 1 is 1.23 bits per heavy atom. The van der Waals surface area contributed by atoms with Crippen LogP contribution in [0.25, 0.3) is 16.7 Å². The number of para-hydroxylation sites is 1. The molecule has 2 aromatic heterocycles. The molecule has 0 aliphatic carbocycles. The number of rotatable bonds is 7. The number of fused-ring (bicyclic) bond motifs is 3. The maximum Gasteiger partial charge on any atom is 0.263 e. The molecular weight excluding hydrogens is 434 g/mol. The molecular formula is C22H20ClN5O2S. The lowest BCUT2D eigenvalue weighted by Crippen LogP contribution is -2.30. The molecule has 0 saturated heterocycles. The second-order valence-corrected chi connectivity index (χ2v) is 8.69. The summed E-state index contributed by atoms with van der Waals surface area (Å²) in [4.78, 5) is 25.5. The lowest BCUT2D eigenvalue weighted by Gasteiger charge is -2.13. The zero-order valence-corrected chi connectivity index (χ0v) is 18.4. The Balaban J connectivity index is 1.62. The molecule has 2 heterocycles. The van der Waals surface area contributed by atoms with Crippen LogP contribution in [0.1, 0.15) is 12.5 Å². The predicted molar refractivity (Wildman–Crippen MR) is 124 cm³/mol. The van der Waals surface area contributed by atoms with Gasteiger partial charge in [-0.1, -0.05) is 53.7 Å². The number of halogens is 1. The van der Waals surface area contributed by atoms with Crippen LogP contribution in [-0.4, -0.2) is 30.3 Å². The average molecular weight is 454 g/mol. The highest BCUT2D eigenvalue weighted by molar-refractivity contribution is 8.00. The summed E-state index contributed by atoms with van der Waals surface area (Å²) in [6.45, 7) is 6.26. The van der Waals surface area contributed by atoms with Crippen molar-refractivity contribution in [2.75, 3.05) is 0 Å². The SMILES string of the molecule is C=CCn1c(=O)c2ccccc2n2c(SC(C)C(=O)NCc3ccc(Cl)cc3)nnc12. The van der Waals surface area contributed by atoms with E-state index >= 15 is 0 Å². The fourth-order valence-corrected chi connectivity index (χ4v) is 4.26. The van der Waals surface area contributed by atoms with Gasteiger partial charge in [0, 0.05) is 18.1 Å². The highest BCUT2D eigenvalue weighted by Crippen LogP contribution is 2.25. The van der Waals surface area contributed by atoms with Crippen molar-refractivity contribution < 1.29 is 4.79 Å². The molecule has 1 N–H and O–H groups in total. The van der Waals surface area contributed by atoms with Crippen LogP contribution in [0, 0.1) is 0 Å². The summed E-state index contributed by atoms with van der Waals surface area (Å²) >= 11 is 7.19. The number of nitrogens with one attached hydrogen (secondary N) is 1. The molecule has 1 amide bonds. The first kappa shape index (κ1) is 21.1. The Labute approximate surface area is 187 Å². The molecule has 0 spiro atoms. The number of amides is 1. The van der Waals surface area contributed by atoms with Gasteiger partial charge in [-0.25, -0.2) is 0 Å². The smallest absolute Gasteiger partial charge is 0.263 e. The molecule has 0 radical (unpaired) electrons. The third-order valence-corrected chi connectivity index (χ3v) is 6.12. The van der Waals surface area contributed by atoms with Gasteiger partial charge in [0.2, 0.25) is 11.7 Å². The second-order valence-electron chi connectivity index (χ2n) is 6.94. The molecule has 0 saturated carbocycles. The molecule has 9 heteroatoms. The van der Waals surface area contributed by atoms with Crippen LogP contribution in [-0.2, 0) is 17.9 Å². The first-order valence-corrected chi connectivity index (χ1v) is 10.9. The minimum atomic E-state index is -0.418. The van der Waals surface area contributed by atoms with E-state index in [1.54, 1.807) is 24.3 Å². The lowest BCUT2D eigenvalue weighted by molar-refractivity contribution is -0.120.